The van der Waals surface area contributed by atoms with Crippen LogP contribution in [0.1, 0.15) is 67.4 Å². The molecule has 0 saturated heterocycles. The molecule has 2 heterocycles. The summed E-state index contributed by atoms with van der Waals surface area (Å²) in [4.78, 5) is 18.9. The van der Waals surface area contributed by atoms with Crippen LogP contribution in [0.4, 0.5) is 0 Å². The van der Waals surface area contributed by atoms with Gasteiger partial charge in [-0.1, -0.05) is 31.5 Å². The Labute approximate surface area is 251 Å². The van der Waals surface area contributed by atoms with E-state index in [0.717, 1.165) is 40.0 Å². The molecule has 0 spiro atoms. The van der Waals surface area contributed by atoms with Crippen LogP contribution in [0, 0.1) is 0 Å². The predicted molar refractivity (Wildman–Crippen MR) is 162 cm³/mol. The maximum atomic E-state index is 12.4. The molecule has 2 aromatic rings. The summed E-state index contributed by atoms with van der Waals surface area (Å²) in [6, 6.07) is 8.25. The number of rotatable bonds is 16. The Morgan fingerprint density at radius 2 is 1.86 bits per heavy atom. The minimum atomic E-state index is -0.915. The summed E-state index contributed by atoms with van der Waals surface area (Å²) in [6.07, 6.45) is 3.87. The number of aliphatic imine (C=N–C) groups is 1. The van der Waals surface area contributed by atoms with E-state index in [0.29, 0.717) is 24.9 Å². The number of phenols is 2. The van der Waals surface area contributed by atoms with E-state index in [1.54, 1.807) is 0 Å². The van der Waals surface area contributed by atoms with Crippen molar-refractivity contribution in [3.63, 3.8) is 0 Å². The van der Waals surface area contributed by atoms with Gasteiger partial charge in [-0.05, 0) is 53.2 Å². The highest BCUT2D eigenvalue weighted by molar-refractivity contribution is 6.09. The van der Waals surface area contributed by atoms with Crippen LogP contribution in [0.3, 0.4) is 0 Å². The third-order valence-corrected chi connectivity index (χ3v) is 7.71. The lowest BCUT2D eigenvalue weighted by molar-refractivity contribution is -0.121. The second-order valence-corrected chi connectivity index (χ2v) is 11.2. The molecule has 11 nitrogen and oxygen atoms in total. The van der Waals surface area contributed by atoms with Gasteiger partial charge in [-0.15, -0.1) is 0 Å². The fourth-order valence-electron chi connectivity index (χ4n) is 5.34. The average Bonchev–Trinajstić information content (AvgIpc) is 3.53. The van der Waals surface area contributed by atoms with Crippen LogP contribution in [0.15, 0.2) is 58.9 Å². The Hall–Kier alpha value is -3.74. The topological polar surface area (TPSA) is 195 Å². The molecule has 0 aliphatic carbocycles. The molecule has 0 aromatic heterocycles. The fraction of sp³-hybridized carbons (Fsp3) is 0.438. The number of aromatic hydroxyl groups is 2. The second-order valence-electron chi connectivity index (χ2n) is 11.2. The Balaban J connectivity index is 1.34. The standard InChI is InChI=1S/C32H42N4O7/c1-2-3-24(38)11-26(40)12-25(39)7-6-19-10-31(30(42)13-29(19)41)43-18-36-15-27-23(14-35-28(27)16-36)9-22-8-20(32(33)34)4-5-21(22)17-37/h4-5,8,10,13-15,24,26,32,37-38,40-42H,2-3,6-7,9,11-12,16-18,33-34H2,1H3. The highest BCUT2D eigenvalue weighted by Gasteiger charge is 2.27. The van der Waals surface area contributed by atoms with E-state index in [-0.39, 0.29) is 62.1 Å². The van der Waals surface area contributed by atoms with Crippen molar-refractivity contribution < 1.29 is 35.1 Å². The second kappa shape index (κ2) is 14.6. The van der Waals surface area contributed by atoms with Gasteiger partial charge in [0.15, 0.2) is 18.2 Å². The summed E-state index contributed by atoms with van der Waals surface area (Å²) in [6.45, 7) is 2.45. The lowest BCUT2D eigenvalue weighted by Gasteiger charge is -2.18. The maximum Gasteiger partial charge on any atom is 0.164 e. The highest BCUT2D eigenvalue weighted by atomic mass is 16.5. The van der Waals surface area contributed by atoms with Gasteiger partial charge < -0.3 is 46.6 Å². The first-order valence-corrected chi connectivity index (χ1v) is 14.6. The van der Waals surface area contributed by atoms with Crippen molar-refractivity contribution in [1.29, 1.82) is 0 Å². The third-order valence-electron chi connectivity index (χ3n) is 7.71. The minimum absolute atomic E-state index is 0.0692. The van der Waals surface area contributed by atoms with Crippen molar-refractivity contribution in [2.75, 3.05) is 13.3 Å². The lowest BCUT2D eigenvalue weighted by Crippen LogP contribution is -2.23. The number of nitrogens with two attached hydrogens (primary N) is 2. The number of aryl methyl sites for hydroxylation is 1. The number of carbonyl (C=O) groups is 1. The van der Waals surface area contributed by atoms with E-state index >= 15 is 0 Å². The number of aliphatic hydroxyl groups is 3. The normalized spacial score (nSPS) is 15.7. The van der Waals surface area contributed by atoms with Crippen molar-refractivity contribution in [3.05, 3.63) is 76.1 Å². The number of ether oxygens (including phenoxy) is 1. The summed E-state index contributed by atoms with van der Waals surface area (Å²) in [5, 5.41) is 50.5. The molecule has 2 atom stereocenters. The molecule has 0 amide bonds. The number of Topliss-reactive ketones (excluding diaryl/α,β-unsaturated/α-hetero) is 1. The van der Waals surface area contributed by atoms with Gasteiger partial charge in [0.1, 0.15) is 11.5 Å². The number of carbonyl (C=O) groups excluding carboxylic acids is 1. The third kappa shape index (κ3) is 8.43. The number of ketones is 1. The molecular weight excluding hydrogens is 552 g/mol. The van der Waals surface area contributed by atoms with E-state index in [1.165, 1.54) is 12.1 Å². The smallest absolute Gasteiger partial charge is 0.164 e. The van der Waals surface area contributed by atoms with Gasteiger partial charge in [0.2, 0.25) is 0 Å². The highest BCUT2D eigenvalue weighted by Crippen LogP contribution is 2.35. The number of hydrogen-bond acceptors (Lipinski definition) is 11. The van der Waals surface area contributed by atoms with E-state index in [9.17, 15) is 30.3 Å². The predicted octanol–water partition coefficient (Wildman–Crippen LogP) is 2.43. The Bertz CT molecular complexity index is 1400. The van der Waals surface area contributed by atoms with Crippen LogP contribution in [0.5, 0.6) is 17.2 Å². The van der Waals surface area contributed by atoms with Gasteiger partial charge >= 0.3 is 0 Å². The maximum absolute atomic E-state index is 12.4. The molecule has 2 unspecified atom stereocenters. The average molecular weight is 595 g/mol. The largest absolute Gasteiger partial charge is 0.508 e. The van der Waals surface area contributed by atoms with E-state index in [2.05, 4.69) is 4.99 Å². The van der Waals surface area contributed by atoms with Gasteiger partial charge in [0.25, 0.3) is 0 Å². The van der Waals surface area contributed by atoms with Crippen LogP contribution in [-0.4, -0.2) is 67.4 Å². The van der Waals surface area contributed by atoms with Gasteiger partial charge in [-0.3, -0.25) is 9.79 Å². The summed E-state index contributed by atoms with van der Waals surface area (Å²) in [7, 11) is 0. The molecular formula is C32H42N4O7. The SMILES string of the molecule is CCCC(O)CC(O)CC(=O)CCc1cc(OCN2C=C3C(Cc4cc(C(N)N)ccc4CO)=CN=C3C2)c(O)cc1O. The minimum Gasteiger partial charge on any atom is -0.508 e. The Kier molecular flexibility index (Phi) is 10.9. The first-order chi connectivity index (χ1) is 20.6. The monoisotopic (exact) mass is 594 g/mol. The van der Waals surface area contributed by atoms with E-state index in [1.807, 2.05) is 42.4 Å². The molecule has 232 valence electrons. The first kappa shape index (κ1) is 32.2. The number of benzene rings is 2. The molecule has 2 aromatic carbocycles. The van der Waals surface area contributed by atoms with Crippen LogP contribution < -0.4 is 16.2 Å². The first-order valence-electron chi connectivity index (χ1n) is 14.6. The molecule has 43 heavy (non-hydrogen) atoms. The van der Waals surface area contributed by atoms with Crippen LogP contribution in [0.2, 0.25) is 0 Å². The van der Waals surface area contributed by atoms with Crippen molar-refractivity contribution in [2.45, 2.75) is 76.9 Å². The van der Waals surface area contributed by atoms with Crippen molar-refractivity contribution >= 4 is 11.5 Å². The number of aliphatic hydroxyl groups excluding tert-OH is 3. The fourth-order valence-corrected chi connectivity index (χ4v) is 5.34. The van der Waals surface area contributed by atoms with E-state index < -0.39 is 18.4 Å². The molecule has 9 N–H and O–H groups in total. The quantitative estimate of drug-likeness (QED) is 0.142. The molecule has 2 aliphatic heterocycles. The zero-order chi connectivity index (χ0) is 31.1. The molecule has 2 aliphatic rings. The molecule has 4 rings (SSSR count). The number of hydrogen-bond donors (Lipinski definition) is 7. The number of phenolic OH excluding ortho intramolecular Hbond substituents is 2. The zero-order valence-electron chi connectivity index (χ0n) is 24.4. The number of nitrogens with zero attached hydrogens (tertiary/aromatic N) is 2. The van der Waals surface area contributed by atoms with Crippen LogP contribution in [-0.2, 0) is 24.2 Å². The summed E-state index contributed by atoms with van der Waals surface area (Å²) < 4.78 is 5.88. The summed E-state index contributed by atoms with van der Waals surface area (Å²) >= 11 is 0. The van der Waals surface area contributed by atoms with Crippen molar-refractivity contribution in [2.24, 2.45) is 16.5 Å². The number of allylic oxidation sites excluding steroid dienone is 1. The van der Waals surface area contributed by atoms with E-state index in [4.69, 9.17) is 16.2 Å². The van der Waals surface area contributed by atoms with Crippen molar-refractivity contribution in [1.82, 2.24) is 4.90 Å². The van der Waals surface area contributed by atoms with Crippen LogP contribution in [0.25, 0.3) is 0 Å². The lowest BCUT2D eigenvalue weighted by atomic mass is 9.94. The van der Waals surface area contributed by atoms with Gasteiger partial charge in [0.05, 0.1) is 37.2 Å². The van der Waals surface area contributed by atoms with Crippen molar-refractivity contribution in [3.8, 4) is 17.2 Å². The summed E-state index contributed by atoms with van der Waals surface area (Å²) in [5.74, 6) is -0.402. The van der Waals surface area contributed by atoms with Gasteiger partial charge in [0, 0.05) is 43.3 Å². The Morgan fingerprint density at radius 1 is 1.07 bits per heavy atom. The van der Waals surface area contributed by atoms with Gasteiger partial charge in [-0.25, -0.2) is 0 Å². The molecule has 0 fully saturated rings. The molecule has 11 heteroatoms. The summed E-state index contributed by atoms with van der Waals surface area (Å²) in [5.41, 5.74) is 17.5. The Morgan fingerprint density at radius 3 is 2.58 bits per heavy atom. The number of fused-ring (bicyclic) bond motifs is 1. The van der Waals surface area contributed by atoms with Crippen LogP contribution >= 0.6 is 0 Å². The van der Waals surface area contributed by atoms with Gasteiger partial charge in [-0.2, -0.15) is 0 Å². The molecule has 0 radical (unpaired) electrons. The zero-order valence-corrected chi connectivity index (χ0v) is 24.4. The molecule has 0 saturated carbocycles. The molecule has 0 bridgehead atoms.